The molecular weight excluding hydrogens is 254 g/mol. The average molecular weight is 272 g/mol. The van der Waals surface area contributed by atoms with Crippen molar-refractivity contribution in [1.82, 2.24) is 5.32 Å². The van der Waals surface area contributed by atoms with Crippen LogP contribution >= 0.6 is 15.9 Å². The third kappa shape index (κ3) is 3.93. The minimum atomic E-state index is -0.302. The maximum Gasteiger partial charge on any atom is 0.0636 e. The fourth-order valence-electron chi connectivity index (χ4n) is 1.40. The number of hydrogen-bond acceptors (Lipinski definition) is 2. The summed E-state index contributed by atoms with van der Waals surface area (Å²) in [6, 6.07) is 6.58. The van der Waals surface area contributed by atoms with Gasteiger partial charge >= 0.3 is 0 Å². The predicted molar refractivity (Wildman–Crippen MR) is 67.0 cm³/mol. The van der Waals surface area contributed by atoms with E-state index in [0.29, 0.717) is 6.54 Å². The lowest BCUT2D eigenvalue weighted by molar-refractivity contribution is 0.187. The van der Waals surface area contributed by atoms with Gasteiger partial charge in [0.05, 0.1) is 6.10 Å². The summed E-state index contributed by atoms with van der Waals surface area (Å²) in [6.45, 7) is 6.59. The molecule has 0 aliphatic carbocycles. The van der Waals surface area contributed by atoms with Crippen LogP contribution in [0.25, 0.3) is 0 Å². The molecule has 0 heterocycles. The fraction of sp³-hybridized carbons (Fsp3) is 0.500. The summed E-state index contributed by atoms with van der Waals surface area (Å²) in [7, 11) is 0. The highest BCUT2D eigenvalue weighted by Gasteiger charge is 2.06. The Morgan fingerprint density at radius 2 is 2.07 bits per heavy atom. The van der Waals surface area contributed by atoms with Crippen LogP contribution in [0.1, 0.15) is 31.0 Å². The minimum absolute atomic E-state index is 0.270. The molecule has 2 N–H and O–H groups in total. The number of halogens is 1. The van der Waals surface area contributed by atoms with Crippen LogP contribution in [-0.4, -0.2) is 17.8 Å². The van der Waals surface area contributed by atoms with E-state index in [9.17, 15) is 5.11 Å². The van der Waals surface area contributed by atoms with E-state index in [0.717, 1.165) is 4.47 Å². The molecule has 0 spiro atoms. The van der Waals surface area contributed by atoms with Crippen LogP contribution in [0, 0.1) is 6.92 Å². The molecule has 2 unspecified atom stereocenters. The van der Waals surface area contributed by atoms with Crippen LogP contribution in [-0.2, 0) is 0 Å². The lowest BCUT2D eigenvalue weighted by Crippen LogP contribution is -2.27. The Morgan fingerprint density at radius 1 is 1.40 bits per heavy atom. The largest absolute Gasteiger partial charge is 0.392 e. The third-order valence-corrected chi connectivity index (χ3v) is 3.29. The molecule has 0 radical (unpaired) electrons. The number of benzene rings is 1. The summed E-state index contributed by atoms with van der Waals surface area (Å²) in [5.74, 6) is 0. The second-order valence-corrected chi connectivity index (χ2v) is 4.84. The van der Waals surface area contributed by atoms with Crippen molar-refractivity contribution in [1.29, 1.82) is 0 Å². The van der Waals surface area contributed by atoms with Crippen molar-refractivity contribution in [2.75, 3.05) is 6.54 Å². The van der Waals surface area contributed by atoms with Gasteiger partial charge in [0.1, 0.15) is 0 Å². The van der Waals surface area contributed by atoms with Gasteiger partial charge in [0, 0.05) is 17.1 Å². The van der Waals surface area contributed by atoms with Crippen molar-refractivity contribution in [2.45, 2.75) is 32.9 Å². The van der Waals surface area contributed by atoms with Crippen LogP contribution in [0.2, 0.25) is 0 Å². The van der Waals surface area contributed by atoms with Crippen LogP contribution in [0.15, 0.2) is 22.7 Å². The summed E-state index contributed by atoms with van der Waals surface area (Å²) < 4.78 is 1.13. The van der Waals surface area contributed by atoms with Gasteiger partial charge in [-0.3, -0.25) is 0 Å². The Morgan fingerprint density at radius 3 is 2.60 bits per heavy atom. The van der Waals surface area contributed by atoms with Crippen molar-refractivity contribution < 1.29 is 5.11 Å². The lowest BCUT2D eigenvalue weighted by atomic mass is 10.1. The van der Waals surface area contributed by atoms with Crippen LogP contribution in [0.5, 0.6) is 0 Å². The first kappa shape index (κ1) is 12.7. The lowest BCUT2D eigenvalue weighted by Gasteiger charge is -2.16. The monoisotopic (exact) mass is 271 g/mol. The van der Waals surface area contributed by atoms with E-state index in [4.69, 9.17) is 0 Å². The van der Waals surface area contributed by atoms with Gasteiger partial charge in [0.25, 0.3) is 0 Å². The highest BCUT2D eigenvalue weighted by atomic mass is 79.9. The molecule has 2 atom stereocenters. The predicted octanol–water partition coefficient (Wildman–Crippen LogP) is 2.79. The quantitative estimate of drug-likeness (QED) is 0.883. The number of aliphatic hydroxyl groups excluding tert-OH is 1. The SMILES string of the molecule is Cc1cc(C(C)NCC(C)O)ccc1Br. The summed E-state index contributed by atoms with van der Waals surface area (Å²) in [5, 5.41) is 12.5. The normalized spacial score (nSPS) is 15.0. The average Bonchev–Trinajstić information content (AvgIpc) is 2.18. The molecule has 0 fully saturated rings. The highest BCUT2D eigenvalue weighted by Crippen LogP contribution is 2.20. The molecule has 2 nitrogen and oxygen atoms in total. The molecule has 84 valence electrons. The van der Waals surface area contributed by atoms with Crippen molar-refractivity contribution in [3.63, 3.8) is 0 Å². The van der Waals surface area contributed by atoms with Crippen molar-refractivity contribution >= 4 is 15.9 Å². The molecule has 3 heteroatoms. The Bertz CT molecular complexity index is 325. The van der Waals surface area contributed by atoms with E-state index in [1.54, 1.807) is 6.92 Å². The van der Waals surface area contributed by atoms with E-state index >= 15 is 0 Å². The maximum atomic E-state index is 9.18. The summed E-state index contributed by atoms with van der Waals surface area (Å²) in [4.78, 5) is 0. The van der Waals surface area contributed by atoms with Gasteiger partial charge in [-0.05, 0) is 38.0 Å². The minimum Gasteiger partial charge on any atom is -0.392 e. The van der Waals surface area contributed by atoms with E-state index < -0.39 is 0 Å². The smallest absolute Gasteiger partial charge is 0.0636 e. The first-order valence-corrected chi connectivity index (χ1v) is 5.97. The first-order valence-electron chi connectivity index (χ1n) is 5.18. The van der Waals surface area contributed by atoms with E-state index in [1.807, 2.05) is 0 Å². The first-order chi connectivity index (χ1) is 7.00. The van der Waals surface area contributed by atoms with Gasteiger partial charge in [0.2, 0.25) is 0 Å². The Kier molecular flexibility index (Phi) is 4.77. The summed E-state index contributed by atoms with van der Waals surface area (Å²) in [6.07, 6.45) is -0.302. The molecule has 0 aliphatic heterocycles. The molecule has 1 aromatic rings. The van der Waals surface area contributed by atoms with E-state index in [1.165, 1.54) is 11.1 Å². The number of hydrogen-bond donors (Lipinski definition) is 2. The van der Waals surface area contributed by atoms with Gasteiger partial charge in [-0.25, -0.2) is 0 Å². The zero-order valence-electron chi connectivity index (χ0n) is 9.42. The van der Waals surface area contributed by atoms with Gasteiger partial charge in [-0.2, -0.15) is 0 Å². The summed E-state index contributed by atoms with van der Waals surface area (Å²) >= 11 is 3.48. The van der Waals surface area contributed by atoms with Crippen molar-refractivity contribution in [2.24, 2.45) is 0 Å². The Balaban J connectivity index is 2.65. The molecule has 15 heavy (non-hydrogen) atoms. The number of rotatable bonds is 4. The van der Waals surface area contributed by atoms with Crippen LogP contribution < -0.4 is 5.32 Å². The molecule has 0 aliphatic rings. The molecule has 1 aromatic carbocycles. The molecule has 0 saturated carbocycles. The fourth-order valence-corrected chi connectivity index (χ4v) is 1.65. The summed E-state index contributed by atoms with van der Waals surface area (Å²) in [5.41, 5.74) is 2.48. The number of aryl methyl sites for hydroxylation is 1. The van der Waals surface area contributed by atoms with Gasteiger partial charge in [0.15, 0.2) is 0 Å². The second-order valence-electron chi connectivity index (χ2n) is 3.99. The van der Waals surface area contributed by atoms with Crippen molar-refractivity contribution in [3.8, 4) is 0 Å². The zero-order valence-corrected chi connectivity index (χ0v) is 11.0. The van der Waals surface area contributed by atoms with Gasteiger partial charge in [-0.15, -0.1) is 0 Å². The van der Waals surface area contributed by atoms with Crippen LogP contribution in [0.3, 0.4) is 0 Å². The highest BCUT2D eigenvalue weighted by molar-refractivity contribution is 9.10. The van der Waals surface area contributed by atoms with E-state index in [2.05, 4.69) is 53.3 Å². The molecule has 0 bridgehead atoms. The van der Waals surface area contributed by atoms with Gasteiger partial charge in [-0.1, -0.05) is 28.1 Å². The van der Waals surface area contributed by atoms with Gasteiger partial charge < -0.3 is 10.4 Å². The Labute approximate surface area is 99.8 Å². The molecule has 0 aromatic heterocycles. The second kappa shape index (κ2) is 5.64. The number of nitrogens with one attached hydrogen (secondary N) is 1. The Hall–Kier alpha value is -0.380. The topological polar surface area (TPSA) is 32.3 Å². The zero-order chi connectivity index (χ0) is 11.4. The maximum absolute atomic E-state index is 9.18. The number of aliphatic hydroxyl groups is 1. The third-order valence-electron chi connectivity index (χ3n) is 2.40. The van der Waals surface area contributed by atoms with Crippen LogP contribution in [0.4, 0.5) is 0 Å². The molecule has 0 amide bonds. The standard InChI is InChI=1S/C12H18BrNO/c1-8-6-11(4-5-12(8)13)10(3)14-7-9(2)15/h4-6,9-10,14-15H,7H2,1-3H3. The van der Waals surface area contributed by atoms with E-state index in [-0.39, 0.29) is 12.1 Å². The molecule has 0 saturated heterocycles. The molecule has 1 rings (SSSR count). The molecular formula is C12H18BrNO. The van der Waals surface area contributed by atoms with Crippen molar-refractivity contribution in [3.05, 3.63) is 33.8 Å².